The second-order valence-electron chi connectivity index (χ2n) is 7.03. The van der Waals surface area contributed by atoms with Crippen LogP contribution in [0.4, 0.5) is 5.95 Å². The van der Waals surface area contributed by atoms with E-state index in [9.17, 15) is 0 Å². The number of piperidine rings is 1. The smallest absolute Gasteiger partial charge is 0.225 e. The lowest BCUT2D eigenvalue weighted by Crippen LogP contribution is -2.43. The van der Waals surface area contributed by atoms with Crippen molar-refractivity contribution in [3.05, 3.63) is 18.5 Å². The summed E-state index contributed by atoms with van der Waals surface area (Å²) in [4.78, 5) is 18.1. The number of aromatic nitrogens is 2. The zero-order valence-corrected chi connectivity index (χ0v) is 15.3. The van der Waals surface area contributed by atoms with Crippen molar-refractivity contribution in [1.29, 1.82) is 0 Å². The molecule has 7 heteroatoms. The Bertz CT molecular complexity index is 548. The maximum absolute atomic E-state index is 6.08. The van der Waals surface area contributed by atoms with Gasteiger partial charge in [0.1, 0.15) is 0 Å². The summed E-state index contributed by atoms with van der Waals surface area (Å²) in [6.07, 6.45) is 8.48. The molecule has 2 saturated heterocycles. The van der Waals surface area contributed by atoms with E-state index >= 15 is 0 Å². The number of nitrogens with zero attached hydrogens (tertiary/aromatic N) is 5. The molecule has 0 bridgehead atoms. The molecule has 7 nitrogen and oxygen atoms in total. The fraction of sp³-hybridized carbons (Fsp3) is 0.722. The summed E-state index contributed by atoms with van der Waals surface area (Å²) in [7, 11) is 0. The number of rotatable bonds is 6. The van der Waals surface area contributed by atoms with Crippen LogP contribution in [0.2, 0.25) is 0 Å². The van der Waals surface area contributed by atoms with Crippen LogP contribution in [-0.4, -0.2) is 66.1 Å². The van der Waals surface area contributed by atoms with Gasteiger partial charge in [0.05, 0.1) is 0 Å². The lowest BCUT2D eigenvalue weighted by atomic mass is 9.98. The molecule has 0 amide bonds. The van der Waals surface area contributed by atoms with Crippen molar-refractivity contribution in [2.45, 2.75) is 38.6 Å². The summed E-state index contributed by atoms with van der Waals surface area (Å²) < 4.78 is 0. The average Bonchev–Trinajstić information content (AvgIpc) is 3.13. The van der Waals surface area contributed by atoms with Crippen LogP contribution < -0.4 is 16.0 Å². The van der Waals surface area contributed by atoms with Gasteiger partial charge in [-0.05, 0) is 50.8 Å². The topological polar surface area (TPSA) is 82.7 Å². The third kappa shape index (κ3) is 5.04. The number of likely N-dealkylation sites (N-methyl/N-ethyl adjacent to an activating group) is 1. The Morgan fingerprint density at radius 1 is 1.28 bits per heavy atom. The fourth-order valence-electron chi connectivity index (χ4n) is 3.90. The second kappa shape index (κ2) is 8.99. The first-order valence-corrected chi connectivity index (χ1v) is 9.56. The highest BCUT2D eigenvalue weighted by Crippen LogP contribution is 2.20. The summed E-state index contributed by atoms with van der Waals surface area (Å²) in [6, 6.07) is 2.45. The summed E-state index contributed by atoms with van der Waals surface area (Å²) in [5, 5.41) is 3.32. The van der Waals surface area contributed by atoms with Gasteiger partial charge in [-0.3, -0.25) is 9.89 Å². The van der Waals surface area contributed by atoms with Crippen molar-refractivity contribution in [2.75, 3.05) is 44.2 Å². The van der Waals surface area contributed by atoms with Crippen LogP contribution in [-0.2, 0) is 0 Å². The predicted octanol–water partition coefficient (Wildman–Crippen LogP) is 1.08. The molecule has 0 aromatic carbocycles. The summed E-state index contributed by atoms with van der Waals surface area (Å²) in [6.45, 7) is 8.19. The maximum Gasteiger partial charge on any atom is 0.225 e. The molecule has 3 N–H and O–H groups in total. The highest BCUT2D eigenvalue weighted by Gasteiger charge is 2.23. The summed E-state index contributed by atoms with van der Waals surface area (Å²) >= 11 is 0. The van der Waals surface area contributed by atoms with E-state index in [0.717, 1.165) is 45.1 Å². The maximum atomic E-state index is 6.08. The molecule has 25 heavy (non-hydrogen) atoms. The minimum Gasteiger partial charge on any atom is -0.370 e. The number of anilines is 1. The van der Waals surface area contributed by atoms with Gasteiger partial charge in [0.2, 0.25) is 5.95 Å². The first-order valence-electron chi connectivity index (χ1n) is 9.56. The van der Waals surface area contributed by atoms with E-state index < -0.39 is 0 Å². The third-order valence-electron chi connectivity index (χ3n) is 5.30. The van der Waals surface area contributed by atoms with Gasteiger partial charge in [0, 0.05) is 44.6 Å². The van der Waals surface area contributed by atoms with E-state index in [-0.39, 0.29) is 0 Å². The quantitative estimate of drug-likeness (QED) is 0.593. The molecule has 138 valence electrons. The monoisotopic (exact) mass is 345 g/mol. The molecule has 1 aromatic rings. The molecule has 0 aliphatic carbocycles. The van der Waals surface area contributed by atoms with Crippen molar-refractivity contribution in [2.24, 2.45) is 16.6 Å². The van der Waals surface area contributed by atoms with Gasteiger partial charge in [0.25, 0.3) is 0 Å². The van der Waals surface area contributed by atoms with E-state index in [2.05, 4.69) is 37.0 Å². The van der Waals surface area contributed by atoms with Gasteiger partial charge >= 0.3 is 0 Å². The second-order valence-corrected chi connectivity index (χ2v) is 7.03. The number of hydrogen-bond donors (Lipinski definition) is 2. The van der Waals surface area contributed by atoms with Crippen LogP contribution in [0.25, 0.3) is 0 Å². The molecule has 3 rings (SSSR count). The number of hydrogen-bond acceptors (Lipinski definition) is 5. The molecule has 3 heterocycles. The normalized spacial score (nSPS) is 25.3. The van der Waals surface area contributed by atoms with Crippen LogP contribution in [0.15, 0.2) is 23.5 Å². The van der Waals surface area contributed by atoms with Crippen molar-refractivity contribution in [3.63, 3.8) is 0 Å². The lowest BCUT2D eigenvalue weighted by Gasteiger charge is -2.32. The molecule has 2 atom stereocenters. The van der Waals surface area contributed by atoms with E-state index in [1.165, 1.54) is 25.8 Å². The Balaban J connectivity index is 1.44. The number of aliphatic imine (C=N–C) groups is 1. The predicted molar refractivity (Wildman–Crippen MR) is 102 cm³/mol. The van der Waals surface area contributed by atoms with Crippen molar-refractivity contribution < 1.29 is 0 Å². The zero-order chi connectivity index (χ0) is 17.5. The van der Waals surface area contributed by atoms with Crippen LogP contribution >= 0.6 is 0 Å². The third-order valence-corrected chi connectivity index (χ3v) is 5.30. The molecule has 2 unspecified atom stereocenters. The van der Waals surface area contributed by atoms with Crippen molar-refractivity contribution >= 4 is 11.9 Å². The minimum absolute atomic E-state index is 0.511. The Labute approximate surface area is 150 Å². The van der Waals surface area contributed by atoms with Crippen molar-refractivity contribution in [1.82, 2.24) is 20.2 Å². The minimum atomic E-state index is 0.511. The van der Waals surface area contributed by atoms with Crippen LogP contribution in [0.1, 0.15) is 32.6 Å². The van der Waals surface area contributed by atoms with E-state index in [1.807, 2.05) is 6.07 Å². The first kappa shape index (κ1) is 17.9. The van der Waals surface area contributed by atoms with Gasteiger partial charge in [-0.25, -0.2) is 9.97 Å². The number of nitrogens with two attached hydrogens (primary N) is 1. The molecule has 2 aliphatic rings. The number of nitrogens with one attached hydrogen (secondary N) is 1. The number of guanidine groups is 1. The average molecular weight is 345 g/mol. The molecule has 0 saturated carbocycles. The Morgan fingerprint density at radius 3 is 2.88 bits per heavy atom. The highest BCUT2D eigenvalue weighted by atomic mass is 15.3. The van der Waals surface area contributed by atoms with Crippen molar-refractivity contribution in [3.8, 4) is 0 Å². The Kier molecular flexibility index (Phi) is 6.44. The Morgan fingerprint density at radius 2 is 2.08 bits per heavy atom. The molecule has 1 aromatic heterocycles. The van der Waals surface area contributed by atoms with E-state index in [4.69, 9.17) is 5.73 Å². The summed E-state index contributed by atoms with van der Waals surface area (Å²) in [5.41, 5.74) is 6.08. The van der Waals surface area contributed by atoms with Crippen LogP contribution in [0, 0.1) is 5.92 Å². The SMILES string of the molecule is CCN1CCCC1CNC(N)=NCC1CCCN(c2ncccn2)C1. The van der Waals surface area contributed by atoms with E-state index in [1.54, 1.807) is 12.4 Å². The molecule has 0 spiro atoms. The summed E-state index contributed by atoms with van der Waals surface area (Å²) in [5.74, 6) is 1.91. The Hall–Kier alpha value is -1.89. The molecular weight excluding hydrogens is 314 g/mol. The number of likely N-dealkylation sites (tertiary alicyclic amines) is 1. The first-order chi connectivity index (χ1) is 12.3. The molecule has 2 aliphatic heterocycles. The standard InChI is InChI=1S/C18H31N7/c1-2-24-10-4-7-16(24)13-23-17(19)22-12-15-6-3-11-25(14-15)18-20-8-5-9-21-18/h5,8-9,15-16H,2-4,6-7,10-14H2,1H3,(H3,19,22,23). The van der Waals surface area contributed by atoms with Crippen LogP contribution in [0.3, 0.4) is 0 Å². The molecule has 2 fully saturated rings. The highest BCUT2D eigenvalue weighted by molar-refractivity contribution is 5.77. The molecular formula is C18H31N7. The van der Waals surface area contributed by atoms with Gasteiger partial charge in [-0.15, -0.1) is 0 Å². The van der Waals surface area contributed by atoms with Gasteiger partial charge in [-0.2, -0.15) is 0 Å². The lowest BCUT2D eigenvalue weighted by molar-refractivity contribution is 0.267. The fourth-order valence-corrected chi connectivity index (χ4v) is 3.90. The van der Waals surface area contributed by atoms with Crippen LogP contribution in [0.5, 0.6) is 0 Å². The van der Waals surface area contributed by atoms with Gasteiger partial charge < -0.3 is 16.0 Å². The molecule has 0 radical (unpaired) electrons. The zero-order valence-electron chi connectivity index (χ0n) is 15.3. The van der Waals surface area contributed by atoms with Gasteiger partial charge in [0.15, 0.2) is 5.96 Å². The van der Waals surface area contributed by atoms with Gasteiger partial charge in [-0.1, -0.05) is 6.92 Å². The van der Waals surface area contributed by atoms with E-state index in [0.29, 0.717) is 17.9 Å². The largest absolute Gasteiger partial charge is 0.370 e.